The largest absolute Gasteiger partial charge is 0.392 e. The van der Waals surface area contributed by atoms with E-state index in [2.05, 4.69) is 4.98 Å². The first-order valence-electron chi connectivity index (χ1n) is 5.24. The van der Waals surface area contributed by atoms with Gasteiger partial charge in [-0.15, -0.1) is 0 Å². The smallest absolute Gasteiger partial charge is 0.272 e. The molecule has 0 aliphatic carbocycles. The molecule has 1 aromatic heterocycles. The maximum Gasteiger partial charge on any atom is 0.272 e. The molecule has 2 rings (SSSR count). The average Bonchev–Trinajstić information content (AvgIpc) is 2.39. The minimum atomic E-state index is -0.0985. The molecule has 5 heteroatoms. The van der Waals surface area contributed by atoms with Gasteiger partial charge in [-0.3, -0.25) is 9.78 Å². The van der Waals surface area contributed by atoms with Gasteiger partial charge in [0.05, 0.1) is 19.8 Å². The number of morpholine rings is 1. The quantitative estimate of drug-likeness (QED) is 0.767. The van der Waals surface area contributed by atoms with Crippen molar-refractivity contribution < 1.29 is 14.6 Å². The first kappa shape index (κ1) is 11.0. The Balaban J connectivity index is 2.12. The fraction of sp³-hybridized carbons (Fsp3) is 0.455. The Morgan fingerprint density at radius 3 is 2.94 bits per heavy atom. The van der Waals surface area contributed by atoms with E-state index in [4.69, 9.17) is 9.84 Å². The summed E-state index contributed by atoms with van der Waals surface area (Å²) in [5.74, 6) is -0.0985. The van der Waals surface area contributed by atoms with E-state index in [9.17, 15) is 4.79 Å². The van der Waals surface area contributed by atoms with Crippen molar-refractivity contribution >= 4 is 5.91 Å². The van der Waals surface area contributed by atoms with Crippen molar-refractivity contribution in [2.45, 2.75) is 6.61 Å². The molecule has 1 aliphatic heterocycles. The highest BCUT2D eigenvalue weighted by atomic mass is 16.5. The summed E-state index contributed by atoms with van der Waals surface area (Å²) in [5, 5.41) is 8.98. The number of hydrogen-bond acceptors (Lipinski definition) is 4. The summed E-state index contributed by atoms with van der Waals surface area (Å²) < 4.78 is 5.18. The molecule has 1 aromatic rings. The Morgan fingerprint density at radius 2 is 2.25 bits per heavy atom. The monoisotopic (exact) mass is 222 g/mol. The van der Waals surface area contributed by atoms with Crippen LogP contribution in [0.25, 0.3) is 0 Å². The molecule has 1 saturated heterocycles. The van der Waals surface area contributed by atoms with Crippen molar-refractivity contribution in [2.75, 3.05) is 26.3 Å². The lowest BCUT2D eigenvalue weighted by atomic mass is 10.2. The molecule has 0 unspecified atom stereocenters. The van der Waals surface area contributed by atoms with Gasteiger partial charge in [0.15, 0.2) is 0 Å². The Morgan fingerprint density at radius 1 is 1.50 bits per heavy atom. The Bertz CT molecular complexity index is 375. The number of nitrogens with zero attached hydrogens (tertiary/aromatic N) is 2. The number of amides is 1. The molecule has 0 aromatic carbocycles. The van der Waals surface area contributed by atoms with E-state index in [1.807, 2.05) is 0 Å². The van der Waals surface area contributed by atoms with Crippen molar-refractivity contribution in [1.29, 1.82) is 0 Å². The van der Waals surface area contributed by atoms with Crippen LogP contribution in [0.2, 0.25) is 0 Å². The van der Waals surface area contributed by atoms with Gasteiger partial charge in [-0.2, -0.15) is 0 Å². The topological polar surface area (TPSA) is 62.7 Å². The lowest BCUT2D eigenvalue weighted by Crippen LogP contribution is -2.41. The molecule has 0 atom stereocenters. The second kappa shape index (κ2) is 5.05. The van der Waals surface area contributed by atoms with Crippen molar-refractivity contribution in [3.8, 4) is 0 Å². The highest BCUT2D eigenvalue weighted by Crippen LogP contribution is 2.07. The lowest BCUT2D eigenvalue weighted by molar-refractivity contribution is 0.0299. The number of rotatable bonds is 2. The Labute approximate surface area is 93.7 Å². The summed E-state index contributed by atoms with van der Waals surface area (Å²) in [7, 11) is 0. The van der Waals surface area contributed by atoms with E-state index in [1.54, 1.807) is 23.2 Å². The number of ether oxygens (including phenoxy) is 1. The van der Waals surface area contributed by atoms with Gasteiger partial charge in [0.1, 0.15) is 5.69 Å². The maximum atomic E-state index is 12.0. The molecular formula is C11H14N2O3. The molecule has 5 nitrogen and oxygen atoms in total. The molecule has 0 bridgehead atoms. The fourth-order valence-electron chi connectivity index (χ4n) is 1.62. The van der Waals surface area contributed by atoms with E-state index in [0.29, 0.717) is 37.6 Å². The Hall–Kier alpha value is -1.46. The van der Waals surface area contributed by atoms with Crippen LogP contribution in [0.15, 0.2) is 18.3 Å². The van der Waals surface area contributed by atoms with Gasteiger partial charge >= 0.3 is 0 Å². The summed E-state index contributed by atoms with van der Waals surface area (Å²) in [4.78, 5) is 17.7. The molecule has 16 heavy (non-hydrogen) atoms. The molecule has 86 valence electrons. The first-order chi connectivity index (χ1) is 7.81. The normalized spacial score (nSPS) is 16.2. The van der Waals surface area contributed by atoms with Gasteiger partial charge in [0, 0.05) is 19.3 Å². The highest BCUT2D eigenvalue weighted by Gasteiger charge is 2.19. The minimum absolute atomic E-state index is 0.0775. The Kier molecular flexibility index (Phi) is 3.48. The highest BCUT2D eigenvalue weighted by molar-refractivity contribution is 5.92. The third-order valence-electron chi connectivity index (χ3n) is 2.52. The van der Waals surface area contributed by atoms with Crippen LogP contribution >= 0.6 is 0 Å². The summed E-state index contributed by atoms with van der Waals surface area (Å²) in [6, 6.07) is 3.31. The summed E-state index contributed by atoms with van der Waals surface area (Å²) in [6.07, 6.45) is 1.54. The van der Waals surface area contributed by atoms with Crippen LogP contribution in [0.3, 0.4) is 0 Å². The molecule has 1 N–H and O–H groups in total. The SMILES string of the molecule is O=C(c1cc(CO)ccn1)N1CCOCC1. The minimum Gasteiger partial charge on any atom is -0.392 e. The number of aromatic nitrogens is 1. The van der Waals surface area contributed by atoms with Crippen LogP contribution < -0.4 is 0 Å². The van der Waals surface area contributed by atoms with Crippen LogP contribution in [0.4, 0.5) is 0 Å². The van der Waals surface area contributed by atoms with Crippen LogP contribution in [0.5, 0.6) is 0 Å². The fourth-order valence-corrected chi connectivity index (χ4v) is 1.62. The average molecular weight is 222 g/mol. The molecule has 0 spiro atoms. The zero-order chi connectivity index (χ0) is 11.4. The molecule has 1 aliphatic rings. The van der Waals surface area contributed by atoms with Crippen molar-refractivity contribution in [1.82, 2.24) is 9.88 Å². The van der Waals surface area contributed by atoms with Crippen LogP contribution in [0, 0.1) is 0 Å². The van der Waals surface area contributed by atoms with Gasteiger partial charge in [-0.05, 0) is 17.7 Å². The van der Waals surface area contributed by atoms with Gasteiger partial charge in [0.2, 0.25) is 0 Å². The van der Waals surface area contributed by atoms with Crippen LogP contribution in [-0.4, -0.2) is 47.2 Å². The maximum absolute atomic E-state index is 12.0. The number of aliphatic hydroxyl groups excluding tert-OH is 1. The third kappa shape index (κ3) is 2.37. The molecule has 0 saturated carbocycles. The molecule has 1 fully saturated rings. The van der Waals surface area contributed by atoms with Gasteiger partial charge in [-0.1, -0.05) is 0 Å². The number of hydrogen-bond donors (Lipinski definition) is 1. The van der Waals surface area contributed by atoms with Crippen molar-refractivity contribution in [2.24, 2.45) is 0 Å². The molecular weight excluding hydrogens is 208 g/mol. The molecule has 0 radical (unpaired) electrons. The van der Waals surface area contributed by atoms with E-state index in [-0.39, 0.29) is 12.5 Å². The van der Waals surface area contributed by atoms with Crippen molar-refractivity contribution in [3.63, 3.8) is 0 Å². The van der Waals surface area contributed by atoms with E-state index < -0.39 is 0 Å². The van der Waals surface area contributed by atoms with Gasteiger partial charge in [0.25, 0.3) is 5.91 Å². The third-order valence-corrected chi connectivity index (χ3v) is 2.52. The van der Waals surface area contributed by atoms with E-state index >= 15 is 0 Å². The summed E-state index contributed by atoms with van der Waals surface area (Å²) in [5.41, 5.74) is 1.08. The number of aliphatic hydroxyl groups is 1. The molecule has 1 amide bonds. The van der Waals surface area contributed by atoms with Gasteiger partial charge < -0.3 is 14.7 Å². The van der Waals surface area contributed by atoms with E-state index in [1.165, 1.54) is 0 Å². The molecule has 2 heterocycles. The number of pyridine rings is 1. The second-order valence-electron chi connectivity index (χ2n) is 3.61. The zero-order valence-electron chi connectivity index (χ0n) is 8.93. The summed E-state index contributed by atoms with van der Waals surface area (Å²) >= 11 is 0. The predicted molar refractivity (Wildman–Crippen MR) is 56.9 cm³/mol. The predicted octanol–water partition coefficient (Wildman–Crippen LogP) is 0.0463. The standard InChI is InChI=1S/C11H14N2O3/c14-8-9-1-2-12-10(7-9)11(15)13-3-5-16-6-4-13/h1-2,7,14H,3-6,8H2. The van der Waals surface area contributed by atoms with Crippen LogP contribution in [-0.2, 0) is 11.3 Å². The van der Waals surface area contributed by atoms with Crippen LogP contribution in [0.1, 0.15) is 16.1 Å². The first-order valence-corrected chi connectivity index (χ1v) is 5.24. The zero-order valence-corrected chi connectivity index (χ0v) is 8.93. The number of carbonyl (C=O) groups excluding carboxylic acids is 1. The second-order valence-corrected chi connectivity index (χ2v) is 3.61. The van der Waals surface area contributed by atoms with Gasteiger partial charge in [-0.25, -0.2) is 0 Å². The summed E-state index contributed by atoms with van der Waals surface area (Å²) in [6.45, 7) is 2.27. The number of carbonyl (C=O) groups is 1. The van der Waals surface area contributed by atoms with Crippen molar-refractivity contribution in [3.05, 3.63) is 29.6 Å². The van der Waals surface area contributed by atoms with E-state index in [0.717, 1.165) is 0 Å². The lowest BCUT2D eigenvalue weighted by Gasteiger charge is -2.26.